The summed E-state index contributed by atoms with van der Waals surface area (Å²) in [6.45, 7) is 9.53. The molecule has 11 heteroatoms. The lowest BCUT2D eigenvalue weighted by Crippen LogP contribution is -2.55. The number of hydrogen-bond acceptors (Lipinski definition) is 8. The van der Waals surface area contributed by atoms with E-state index in [1.165, 1.54) is 18.5 Å². The molecular formula is C29H33FN8O2. The van der Waals surface area contributed by atoms with Gasteiger partial charge in [-0.15, -0.1) is 0 Å². The summed E-state index contributed by atoms with van der Waals surface area (Å²) < 4.78 is 22.4. The molecule has 4 aromatic rings. The monoisotopic (exact) mass is 544 g/mol. The number of benzene rings is 2. The van der Waals surface area contributed by atoms with E-state index in [0.717, 1.165) is 24.2 Å². The number of likely N-dealkylation sites (N-methyl/N-ethyl adjacent to an activating group) is 1. The van der Waals surface area contributed by atoms with Crippen molar-refractivity contribution < 1.29 is 13.9 Å². The molecule has 0 saturated carbocycles. The van der Waals surface area contributed by atoms with Gasteiger partial charge in [-0.3, -0.25) is 14.4 Å². The van der Waals surface area contributed by atoms with E-state index in [1.807, 2.05) is 12.1 Å². The largest absolute Gasteiger partial charge is 0.494 e. The van der Waals surface area contributed by atoms with Crippen LogP contribution in [0.4, 0.5) is 27.3 Å². The maximum absolute atomic E-state index is 15.1. The van der Waals surface area contributed by atoms with Crippen molar-refractivity contribution in [1.82, 2.24) is 24.6 Å². The van der Waals surface area contributed by atoms with Gasteiger partial charge in [0.2, 0.25) is 5.91 Å². The highest BCUT2D eigenvalue weighted by atomic mass is 19.1. The Bertz CT molecular complexity index is 1570. The number of piperazine rings is 1. The fourth-order valence-electron chi connectivity index (χ4n) is 5.06. The van der Waals surface area contributed by atoms with E-state index in [0.29, 0.717) is 51.8 Å². The SMILES string of the molecule is C=CC(=O)Nc1cc(Nc2cc(-c3cc4cnn(C)c4cc3F)ncn2)c(OC)cc1N1C[C@@H](C)N(C)[C@@H](C)C1. The molecule has 1 saturated heterocycles. The highest BCUT2D eigenvalue weighted by molar-refractivity contribution is 6.02. The van der Waals surface area contributed by atoms with Gasteiger partial charge in [0.1, 0.15) is 23.7 Å². The number of fused-ring (bicyclic) bond motifs is 1. The van der Waals surface area contributed by atoms with E-state index >= 15 is 4.39 Å². The number of carbonyl (C=O) groups excluding carboxylic acids is 1. The van der Waals surface area contributed by atoms with Gasteiger partial charge in [-0.05, 0) is 39.1 Å². The molecule has 2 atom stereocenters. The summed E-state index contributed by atoms with van der Waals surface area (Å²) in [4.78, 5) is 25.6. The number of aryl methyl sites for hydroxylation is 1. The molecule has 2 N–H and O–H groups in total. The predicted molar refractivity (Wildman–Crippen MR) is 156 cm³/mol. The standard InChI is InChI=1S/C29H33FN8O2/c1-7-29(39)35-23-10-24(27(40-6)12-26(23)38-14-17(2)36(4)18(3)15-38)34-28-11-22(31-16-32-28)20-8-19-13-33-37(5)25(19)9-21(20)30/h7-13,16-18H,1,14-15H2,2-6H3,(H,35,39)(H,31,32,34)/t17-,18+. The van der Waals surface area contributed by atoms with Gasteiger partial charge in [0.15, 0.2) is 0 Å². The number of ether oxygens (including phenoxy) is 1. The molecule has 0 aliphatic carbocycles. The minimum Gasteiger partial charge on any atom is -0.494 e. The summed E-state index contributed by atoms with van der Waals surface area (Å²) in [6.07, 6.45) is 4.30. The number of nitrogens with one attached hydrogen (secondary N) is 2. The fourth-order valence-corrected chi connectivity index (χ4v) is 5.06. The Kier molecular flexibility index (Phi) is 7.40. The Balaban J connectivity index is 1.51. The van der Waals surface area contributed by atoms with Gasteiger partial charge >= 0.3 is 0 Å². The molecule has 1 amide bonds. The van der Waals surface area contributed by atoms with Gasteiger partial charge in [-0.1, -0.05) is 6.58 Å². The molecule has 2 aromatic carbocycles. The van der Waals surface area contributed by atoms with Crippen LogP contribution in [0, 0.1) is 5.82 Å². The molecule has 0 radical (unpaired) electrons. The van der Waals surface area contributed by atoms with Crippen molar-refractivity contribution in [2.45, 2.75) is 25.9 Å². The quantitative estimate of drug-likeness (QED) is 0.326. The topological polar surface area (TPSA) is 100 Å². The summed E-state index contributed by atoms with van der Waals surface area (Å²) in [5, 5.41) is 11.2. The van der Waals surface area contributed by atoms with Crippen molar-refractivity contribution in [1.29, 1.82) is 0 Å². The minimum absolute atomic E-state index is 0.321. The normalized spacial score (nSPS) is 17.6. The first kappa shape index (κ1) is 27.1. The van der Waals surface area contributed by atoms with Gasteiger partial charge in [0.05, 0.1) is 41.6 Å². The molecule has 0 unspecified atom stereocenters. The summed E-state index contributed by atoms with van der Waals surface area (Å²) in [5.74, 6) is 0.268. The second-order valence-corrected chi connectivity index (χ2v) is 10.1. The van der Waals surface area contributed by atoms with Crippen molar-refractivity contribution in [2.24, 2.45) is 7.05 Å². The van der Waals surface area contributed by atoms with E-state index in [4.69, 9.17) is 4.74 Å². The highest BCUT2D eigenvalue weighted by Crippen LogP contribution is 2.40. The van der Waals surface area contributed by atoms with Gasteiger partial charge in [0.25, 0.3) is 0 Å². The molecular weight excluding hydrogens is 511 g/mol. The Hall–Kier alpha value is -4.51. The van der Waals surface area contributed by atoms with Gasteiger partial charge in [-0.2, -0.15) is 5.10 Å². The van der Waals surface area contributed by atoms with E-state index in [9.17, 15) is 4.79 Å². The van der Waals surface area contributed by atoms with Crippen LogP contribution >= 0.6 is 0 Å². The number of halogens is 1. The summed E-state index contributed by atoms with van der Waals surface area (Å²) in [6, 6.07) is 9.20. The maximum Gasteiger partial charge on any atom is 0.247 e. The highest BCUT2D eigenvalue weighted by Gasteiger charge is 2.29. The summed E-state index contributed by atoms with van der Waals surface area (Å²) >= 11 is 0. The second-order valence-electron chi connectivity index (χ2n) is 10.1. The summed E-state index contributed by atoms with van der Waals surface area (Å²) in [5.41, 5.74) is 3.48. The van der Waals surface area contributed by atoms with E-state index in [-0.39, 0.29) is 5.91 Å². The molecule has 40 heavy (non-hydrogen) atoms. The first-order chi connectivity index (χ1) is 19.2. The molecule has 1 fully saturated rings. The van der Waals surface area contributed by atoms with Crippen molar-refractivity contribution >= 4 is 39.7 Å². The van der Waals surface area contributed by atoms with Crippen molar-refractivity contribution in [3.8, 4) is 17.0 Å². The molecule has 0 spiro atoms. The van der Waals surface area contributed by atoms with Crippen LogP contribution in [-0.4, -0.2) is 69.9 Å². The number of carbonyl (C=O) groups is 1. The number of hydrogen-bond donors (Lipinski definition) is 2. The van der Waals surface area contributed by atoms with Crippen LogP contribution in [0.15, 0.2) is 55.5 Å². The summed E-state index contributed by atoms with van der Waals surface area (Å²) in [7, 11) is 5.48. The molecule has 0 bridgehead atoms. The minimum atomic E-state index is -0.409. The molecule has 5 rings (SSSR count). The first-order valence-electron chi connectivity index (χ1n) is 13.0. The average molecular weight is 545 g/mol. The number of nitrogens with zero attached hydrogens (tertiary/aromatic N) is 6. The molecule has 3 heterocycles. The van der Waals surface area contributed by atoms with Crippen molar-refractivity contribution in [3.63, 3.8) is 0 Å². The lowest BCUT2D eigenvalue weighted by atomic mass is 10.1. The zero-order chi connectivity index (χ0) is 28.6. The van der Waals surface area contributed by atoms with Gasteiger partial charge in [0, 0.05) is 61.4 Å². The fraction of sp³-hybridized carbons (Fsp3) is 0.310. The third kappa shape index (κ3) is 5.20. The second kappa shape index (κ2) is 10.9. The Labute approximate surface area is 232 Å². The number of methoxy groups -OCH3 is 1. The van der Waals surface area contributed by atoms with Gasteiger partial charge < -0.3 is 20.3 Å². The van der Waals surface area contributed by atoms with Crippen molar-refractivity contribution in [3.05, 3.63) is 61.3 Å². The van der Waals surface area contributed by atoms with Crippen molar-refractivity contribution in [2.75, 3.05) is 42.8 Å². The third-order valence-electron chi connectivity index (χ3n) is 7.50. The Morgan fingerprint density at radius 1 is 1.10 bits per heavy atom. The average Bonchev–Trinajstić information content (AvgIpc) is 3.30. The predicted octanol–water partition coefficient (Wildman–Crippen LogP) is 4.57. The molecule has 1 aliphatic heterocycles. The Morgan fingerprint density at radius 3 is 2.55 bits per heavy atom. The van der Waals surface area contributed by atoms with Crippen LogP contribution in [0.2, 0.25) is 0 Å². The number of anilines is 4. The molecule has 2 aromatic heterocycles. The Morgan fingerprint density at radius 2 is 1.85 bits per heavy atom. The number of aromatic nitrogens is 4. The lowest BCUT2D eigenvalue weighted by molar-refractivity contribution is -0.111. The van der Waals surface area contributed by atoms with Crippen LogP contribution in [0.1, 0.15) is 13.8 Å². The van der Waals surface area contributed by atoms with Crippen LogP contribution in [0.3, 0.4) is 0 Å². The first-order valence-corrected chi connectivity index (χ1v) is 13.0. The van der Waals surface area contributed by atoms with E-state index in [2.05, 4.69) is 63.0 Å². The smallest absolute Gasteiger partial charge is 0.247 e. The van der Waals surface area contributed by atoms with Crippen LogP contribution in [-0.2, 0) is 11.8 Å². The zero-order valence-corrected chi connectivity index (χ0v) is 23.3. The third-order valence-corrected chi connectivity index (χ3v) is 7.50. The zero-order valence-electron chi connectivity index (χ0n) is 23.3. The number of amides is 1. The van der Waals surface area contributed by atoms with Crippen LogP contribution in [0.25, 0.3) is 22.2 Å². The molecule has 1 aliphatic rings. The molecule has 208 valence electrons. The number of rotatable bonds is 7. The lowest BCUT2D eigenvalue weighted by Gasteiger charge is -2.44. The maximum atomic E-state index is 15.1. The van der Waals surface area contributed by atoms with Crippen LogP contribution < -0.4 is 20.3 Å². The van der Waals surface area contributed by atoms with Crippen LogP contribution in [0.5, 0.6) is 5.75 Å². The van der Waals surface area contributed by atoms with Gasteiger partial charge in [-0.25, -0.2) is 14.4 Å². The van der Waals surface area contributed by atoms with E-state index in [1.54, 1.807) is 37.2 Å². The molecule has 10 nitrogen and oxygen atoms in total. The van der Waals surface area contributed by atoms with E-state index < -0.39 is 5.82 Å².